The standard InChI is InChI=1S/C71H29F3N12/c1-78-48-15-24-50(46(28-48)39-77)42-10-19-55-56-20-11-43(51-17-8-40(37-75)26-60(51)80-3)30-66(56)85(65(55)29-42)69-36-64(84-7)70(35-59(69)54-23-14-47(71(72,73)74)33-62(54)82-5)86-67-31-44(52-18-9-41(38-76)27-61(52)81-4)12-21-57(67)58-22-13-45(32-68(58)86)53-25-16-49(79-2)34-63(53)83-6/h8-36H. The van der Waals surface area contributed by atoms with Crippen LogP contribution in [0.2, 0.25) is 0 Å². The van der Waals surface area contributed by atoms with Gasteiger partial charge in [0, 0.05) is 49.5 Å². The Hall–Kier alpha value is -13.5. The summed E-state index contributed by atoms with van der Waals surface area (Å²) < 4.78 is 47.8. The van der Waals surface area contributed by atoms with E-state index in [1.807, 2.05) is 81.9 Å². The fourth-order valence-electron chi connectivity index (χ4n) is 11.2. The maximum absolute atomic E-state index is 14.7. The number of nitrogens with zero attached hydrogens (tertiary/aromatic N) is 12. The second kappa shape index (κ2) is 20.9. The number of hydrogen-bond donors (Lipinski definition) is 0. The maximum atomic E-state index is 14.7. The molecule has 0 saturated carbocycles. The van der Waals surface area contributed by atoms with Gasteiger partial charge in [0.1, 0.15) is 0 Å². The fourth-order valence-corrected chi connectivity index (χ4v) is 11.2. The highest BCUT2D eigenvalue weighted by Crippen LogP contribution is 2.49. The van der Waals surface area contributed by atoms with E-state index in [0.29, 0.717) is 88.1 Å². The van der Waals surface area contributed by atoms with Crippen molar-refractivity contribution in [3.63, 3.8) is 0 Å². The van der Waals surface area contributed by atoms with Gasteiger partial charge in [-0.3, -0.25) is 0 Å². The lowest BCUT2D eigenvalue weighted by atomic mass is 9.97. The van der Waals surface area contributed by atoms with Crippen molar-refractivity contribution in [1.82, 2.24) is 9.13 Å². The number of benzene rings is 10. The second-order valence-electron chi connectivity index (χ2n) is 19.7. The van der Waals surface area contributed by atoms with Crippen molar-refractivity contribution in [3.05, 3.63) is 278 Å². The van der Waals surface area contributed by atoms with Crippen molar-refractivity contribution in [2.24, 2.45) is 0 Å². The summed E-state index contributed by atoms with van der Waals surface area (Å²) in [7, 11) is 0. The molecule has 0 bridgehead atoms. The average molecular weight is 1110 g/mol. The lowest BCUT2D eigenvalue weighted by molar-refractivity contribution is -0.137. The van der Waals surface area contributed by atoms with E-state index in [0.717, 1.165) is 12.1 Å². The minimum absolute atomic E-state index is 0.0318. The second-order valence-corrected chi connectivity index (χ2v) is 19.7. The molecule has 0 radical (unpaired) electrons. The van der Waals surface area contributed by atoms with Crippen LogP contribution in [0.15, 0.2) is 176 Å². The predicted octanol–water partition coefficient (Wildman–Crippen LogP) is 20.7. The third-order valence-electron chi connectivity index (χ3n) is 15.2. The summed E-state index contributed by atoms with van der Waals surface area (Å²) in [6.07, 6.45) is -4.84. The number of rotatable bonds is 7. The lowest BCUT2D eigenvalue weighted by Crippen LogP contribution is -2.05. The Balaban J connectivity index is 1.24. The molecule has 0 amide bonds. The monoisotopic (exact) mass is 1110 g/mol. The van der Waals surface area contributed by atoms with E-state index in [-0.39, 0.29) is 79.0 Å². The largest absolute Gasteiger partial charge is 0.415 e. The minimum Gasteiger partial charge on any atom is -0.319 e. The van der Waals surface area contributed by atoms with Crippen molar-refractivity contribution in [2.45, 2.75) is 6.18 Å². The molecule has 10 aromatic carbocycles. The van der Waals surface area contributed by atoms with Gasteiger partial charge in [-0.05, 0) is 128 Å². The van der Waals surface area contributed by atoms with Crippen molar-refractivity contribution in [2.75, 3.05) is 0 Å². The number of alkyl halides is 3. The van der Waals surface area contributed by atoms with Crippen LogP contribution in [0.25, 0.3) is 145 Å². The smallest absolute Gasteiger partial charge is 0.319 e. The van der Waals surface area contributed by atoms with Crippen LogP contribution in [0.3, 0.4) is 0 Å². The highest BCUT2D eigenvalue weighted by atomic mass is 19.4. The Bertz CT molecular complexity index is 5230. The van der Waals surface area contributed by atoms with Crippen LogP contribution in [0.4, 0.5) is 53.0 Å². The number of nitriles is 3. The van der Waals surface area contributed by atoms with E-state index in [2.05, 4.69) is 52.1 Å². The fraction of sp³-hybridized carbons (Fsp3) is 0.0141. The van der Waals surface area contributed by atoms with Gasteiger partial charge in [0.05, 0.1) is 92.0 Å². The Morgan fingerprint density at radius 2 is 0.721 bits per heavy atom. The molecule has 0 aliphatic heterocycles. The van der Waals surface area contributed by atoms with Crippen molar-refractivity contribution in [3.8, 4) is 85.2 Å². The number of hydrogen-bond acceptors (Lipinski definition) is 3. The first-order valence-corrected chi connectivity index (χ1v) is 25.8. The molecule has 15 heteroatoms. The molecule has 0 unspecified atom stereocenters. The van der Waals surface area contributed by atoms with Gasteiger partial charge in [0.2, 0.25) is 5.69 Å². The summed E-state index contributed by atoms with van der Waals surface area (Å²) in [5.41, 5.74) is 7.56. The highest BCUT2D eigenvalue weighted by Gasteiger charge is 2.32. The topological polar surface area (TPSA) is 112 Å². The van der Waals surface area contributed by atoms with Crippen LogP contribution in [-0.2, 0) is 6.18 Å². The minimum atomic E-state index is -4.84. The van der Waals surface area contributed by atoms with E-state index in [1.54, 1.807) is 60.7 Å². The van der Waals surface area contributed by atoms with Gasteiger partial charge < -0.3 is 9.13 Å². The number of halogens is 3. The Morgan fingerprint density at radius 3 is 1.15 bits per heavy atom. The summed E-state index contributed by atoms with van der Waals surface area (Å²) in [4.78, 5) is 26.2. The summed E-state index contributed by atoms with van der Waals surface area (Å²) in [5.74, 6) is 0. The van der Waals surface area contributed by atoms with Gasteiger partial charge in [-0.2, -0.15) is 29.0 Å². The lowest BCUT2D eigenvalue weighted by Gasteiger charge is -2.21. The van der Waals surface area contributed by atoms with Crippen LogP contribution in [0, 0.1) is 80.0 Å². The zero-order valence-electron chi connectivity index (χ0n) is 44.2. The van der Waals surface area contributed by atoms with Gasteiger partial charge >= 0.3 is 6.18 Å². The average Bonchev–Trinajstić information content (AvgIpc) is 1.60. The molecule has 2 aromatic heterocycles. The normalized spacial score (nSPS) is 10.8. The Morgan fingerprint density at radius 1 is 0.326 bits per heavy atom. The van der Waals surface area contributed by atoms with Crippen molar-refractivity contribution in [1.29, 1.82) is 15.8 Å². The first-order valence-electron chi connectivity index (χ1n) is 25.8. The highest BCUT2D eigenvalue weighted by molar-refractivity contribution is 6.14. The van der Waals surface area contributed by atoms with Gasteiger partial charge in [0.25, 0.3) is 0 Å². The molecule has 12 aromatic rings. The van der Waals surface area contributed by atoms with E-state index in [1.165, 1.54) is 30.3 Å². The van der Waals surface area contributed by atoms with E-state index in [4.69, 9.17) is 46.0 Å². The summed E-state index contributed by atoms with van der Waals surface area (Å²) in [6.45, 7) is 57.2. The van der Waals surface area contributed by atoms with Crippen molar-refractivity contribution < 1.29 is 13.2 Å². The zero-order chi connectivity index (χ0) is 60.1. The SMILES string of the molecule is [C-]#[N+]c1ccc(-c2ccc3c4ccc(-c5ccc(C#N)cc5[N+]#[C-])cc4n(-c4cc([N+]#[C-])c(-n5c6cc(-c7ccc(C#N)cc7[N+]#[C-])ccc6c6ccc(-c7ccc([N+]#[C-])cc7[N+]#[C-])cc65)cc4-c4ccc(C(F)(F)F)cc4[N+]#[C-])c3c2)c(C#N)c1. The van der Waals surface area contributed by atoms with Crippen LogP contribution in [-0.4, -0.2) is 9.13 Å². The molecule has 0 N–H and O–H groups in total. The van der Waals surface area contributed by atoms with Gasteiger partial charge in [0.15, 0.2) is 34.1 Å². The van der Waals surface area contributed by atoms with E-state index < -0.39 is 11.7 Å². The molecule has 394 valence electrons. The van der Waals surface area contributed by atoms with Crippen molar-refractivity contribution >= 4 is 83.4 Å². The quantitative estimate of drug-likeness (QED) is 0.148. The number of aromatic nitrogens is 2. The third kappa shape index (κ3) is 8.73. The first kappa shape index (κ1) is 53.1. The molecule has 0 aliphatic carbocycles. The van der Waals surface area contributed by atoms with E-state index in [9.17, 15) is 29.0 Å². The molecular formula is C71H29F3N12. The molecule has 0 saturated heterocycles. The summed E-state index contributed by atoms with van der Waals surface area (Å²) in [5, 5.41) is 32.7. The van der Waals surface area contributed by atoms with E-state index >= 15 is 0 Å². The maximum Gasteiger partial charge on any atom is 0.415 e. The third-order valence-corrected chi connectivity index (χ3v) is 15.2. The molecule has 86 heavy (non-hydrogen) atoms. The van der Waals surface area contributed by atoms with Crippen LogP contribution < -0.4 is 0 Å². The molecule has 2 heterocycles. The van der Waals surface area contributed by atoms with Crippen LogP contribution >= 0.6 is 0 Å². The van der Waals surface area contributed by atoms with Crippen LogP contribution in [0.1, 0.15) is 22.3 Å². The Kier molecular flexibility index (Phi) is 12.9. The van der Waals surface area contributed by atoms with Gasteiger partial charge in [-0.15, -0.1) is 0 Å². The molecule has 0 aliphatic rings. The molecule has 0 fully saturated rings. The van der Waals surface area contributed by atoms with Gasteiger partial charge in [-0.1, -0.05) is 103 Å². The zero-order valence-corrected chi connectivity index (χ0v) is 44.2. The first-order chi connectivity index (χ1) is 41.8. The summed E-state index contributed by atoms with van der Waals surface area (Å²) in [6, 6.07) is 53.9. The van der Waals surface area contributed by atoms with Gasteiger partial charge in [-0.25, -0.2) is 33.9 Å². The molecule has 12 nitrogen and oxygen atoms in total. The summed E-state index contributed by atoms with van der Waals surface area (Å²) >= 11 is 0. The predicted molar refractivity (Wildman–Crippen MR) is 325 cm³/mol. The number of fused-ring (bicyclic) bond motifs is 6. The molecule has 12 rings (SSSR count). The Labute approximate surface area is 488 Å². The molecular weight excluding hydrogens is 1080 g/mol. The molecule has 0 spiro atoms. The molecule has 0 atom stereocenters. The van der Waals surface area contributed by atoms with Crippen LogP contribution in [0.5, 0.6) is 0 Å².